The van der Waals surface area contributed by atoms with Crippen molar-refractivity contribution in [1.29, 1.82) is 0 Å². The molecule has 80 heavy (non-hydrogen) atoms. The summed E-state index contributed by atoms with van der Waals surface area (Å²) < 4.78 is 0. The summed E-state index contributed by atoms with van der Waals surface area (Å²) in [5.41, 5.74) is 23.8. The Morgan fingerprint density at radius 2 is 0.613 bits per heavy atom. The molecule has 0 aliphatic carbocycles. The molecule has 0 saturated heterocycles. The lowest BCUT2D eigenvalue weighted by molar-refractivity contribution is 1.12. The predicted molar refractivity (Wildman–Crippen MR) is 337 cm³/mol. The quantitative estimate of drug-likeness (QED) is 0.145. The third-order valence-corrected chi connectivity index (χ3v) is 11.4. The zero-order chi connectivity index (χ0) is 59.8. The Balaban J connectivity index is 0.000000444. The van der Waals surface area contributed by atoms with Crippen LogP contribution in [0.3, 0.4) is 0 Å². The van der Waals surface area contributed by atoms with Crippen LogP contribution < -0.4 is 0 Å². The lowest BCUT2D eigenvalue weighted by atomic mass is 10.2. The topological polar surface area (TPSA) is 129 Å². The van der Waals surface area contributed by atoms with E-state index in [-0.39, 0.29) is 0 Å². The summed E-state index contributed by atoms with van der Waals surface area (Å²) >= 11 is 0. The minimum Gasteiger partial charge on any atom is -0.264 e. The van der Waals surface area contributed by atoms with Crippen LogP contribution in [-0.4, -0.2) is 49.8 Å². The summed E-state index contributed by atoms with van der Waals surface area (Å²) in [5, 5.41) is 0. The van der Waals surface area contributed by atoms with Gasteiger partial charge < -0.3 is 0 Å². The standard InChI is InChI=1S/10C7H9N/c1-6-3-7(2)5-8-4-6;2*1-6-3-4-8-5-7(6)2;2*1-6-3-4-8-7(2)5-6;2*1-6-3-4-7(2)8-5-6;2*1-6-4-3-5-8-7(6)2;1-6-4-3-5-7(2)8-6/h10*3-5H,1-2H3. The van der Waals surface area contributed by atoms with Gasteiger partial charge in [-0.2, -0.15) is 0 Å². The number of hydrogen-bond acceptors (Lipinski definition) is 10. The van der Waals surface area contributed by atoms with Crippen LogP contribution in [0.2, 0.25) is 0 Å². The van der Waals surface area contributed by atoms with Crippen molar-refractivity contribution < 1.29 is 0 Å². The maximum atomic E-state index is 4.17. The van der Waals surface area contributed by atoms with Gasteiger partial charge in [0.15, 0.2) is 0 Å². The Morgan fingerprint density at radius 1 is 0.212 bits per heavy atom. The van der Waals surface area contributed by atoms with Gasteiger partial charge >= 0.3 is 0 Å². The normalized spacial score (nSPS) is 9.25. The van der Waals surface area contributed by atoms with Crippen LogP contribution in [0.15, 0.2) is 184 Å². The van der Waals surface area contributed by atoms with Gasteiger partial charge in [0.2, 0.25) is 0 Å². The van der Waals surface area contributed by atoms with Gasteiger partial charge in [0, 0.05) is 120 Å². The Hall–Kier alpha value is -8.50. The second kappa shape index (κ2) is 40.7. The van der Waals surface area contributed by atoms with Crippen molar-refractivity contribution in [3.05, 3.63) is 296 Å². The summed E-state index contributed by atoms with van der Waals surface area (Å²) in [6.07, 6.45) is 22.1. The van der Waals surface area contributed by atoms with Gasteiger partial charge in [-0.25, -0.2) is 0 Å². The first kappa shape index (κ1) is 69.5. The molecule has 0 amide bonds. The Kier molecular flexibility index (Phi) is 35.3. The maximum absolute atomic E-state index is 4.17. The van der Waals surface area contributed by atoms with Crippen LogP contribution in [0.4, 0.5) is 0 Å². The minimum absolute atomic E-state index is 1.08. The van der Waals surface area contributed by atoms with Crippen molar-refractivity contribution in [2.45, 2.75) is 138 Å². The van der Waals surface area contributed by atoms with Gasteiger partial charge in [0.05, 0.1) is 0 Å². The first-order chi connectivity index (χ1) is 37.9. The number of aromatic nitrogens is 10. The number of aryl methyl sites for hydroxylation is 20. The molecule has 0 unspecified atom stereocenters. The van der Waals surface area contributed by atoms with Crippen LogP contribution in [0.5, 0.6) is 0 Å². The first-order valence-corrected chi connectivity index (χ1v) is 26.8. The van der Waals surface area contributed by atoms with Crippen molar-refractivity contribution in [2.75, 3.05) is 0 Å². The first-order valence-electron chi connectivity index (χ1n) is 26.8. The monoisotopic (exact) mass is 1070 g/mol. The van der Waals surface area contributed by atoms with Crippen molar-refractivity contribution in [2.24, 2.45) is 0 Å². The molecule has 0 spiro atoms. The molecule has 0 aliphatic rings. The lowest BCUT2D eigenvalue weighted by Gasteiger charge is -1.92. The van der Waals surface area contributed by atoms with Gasteiger partial charge in [0.25, 0.3) is 0 Å². The second-order valence-corrected chi connectivity index (χ2v) is 19.6. The Bertz CT molecular complexity index is 2640. The van der Waals surface area contributed by atoms with Gasteiger partial charge in [-0.3, -0.25) is 49.8 Å². The molecule has 10 heterocycles. The molecular weight excluding hydrogens is 981 g/mol. The summed E-state index contributed by atoms with van der Waals surface area (Å²) in [7, 11) is 0. The molecule has 10 nitrogen and oxygen atoms in total. The van der Waals surface area contributed by atoms with Crippen LogP contribution >= 0.6 is 0 Å². The molecule has 0 bridgehead atoms. The lowest BCUT2D eigenvalue weighted by Crippen LogP contribution is -1.81. The van der Waals surface area contributed by atoms with E-state index in [1.54, 1.807) is 0 Å². The van der Waals surface area contributed by atoms with Crippen LogP contribution in [-0.2, 0) is 0 Å². The highest BCUT2D eigenvalue weighted by Crippen LogP contribution is 2.04. The molecule has 0 fully saturated rings. The van der Waals surface area contributed by atoms with Crippen LogP contribution in [0.1, 0.15) is 112 Å². The number of hydrogen-bond donors (Lipinski definition) is 0. The molecule has 10 heteroatoms. The molecule has 420 valence electrons. The van der Waals surface area contributed by atoms with Crippen molar-refractivity contribution in [1.82, 2.24) is 49.8 Å². The van der Waals surface area contributed by atoms with E-state index in [2.05, 4.69) is 148 Å². The largest absolute Gasteiger partial charge is 0.264 e. The summed E-state index contributed by atoms with van der Waals surface area (Å²) in [6, 6.07) is 36.4. The van der Waals surface area contributed by atoms with Gasteiger partial charge in [-0.1, -0.05) is 36.4 Å². The van der Waals surface area contributed by atoms with Crippen molar-refractivity contribution in [3.8, 4) is 0 Å². The van der Waals surface area contributed by atoms with Gasteiger partial charge in [-0.15, -0.1) is 0 Å². The van der Waals surface area contributed by atoms with E-state index >= 15 is 0 Å². The van der Waals surface area contributed by atoms with E-state index in [0.29, 0.717) is 0 Å². The van der Waals surface area contributed by atoms with E-state index in [4.69, 9.17) is 0 Å². The predicted octanol–water partition coefficient (Wildman–Crippen LogP) is 17.0. The Labute approximate surface area is 481 Å². The highest BCUT2D eigenvalue weighted by Gasteiger charge is 1.90. The molecular formula is C70H90N10. The van der Waals surface area contributed by atoms with Gasteiger partial charge in [-0.05, 0) is 278 Å². The van der Waals surface area contributed by atoms with E-state index in [1.807, 2.05) is 224 Å². The molecule has 10 aromatic heterocycles. The molecule has 10 rings (SSSR count). The number of rotatable bonds is 0. The third-order valence-electron chi connectivity index (χ3n) is 11.4. The van der Waals surface area contributed by atoms with E-state index in [9.17, 15) is 0 Å². The fourth-order valence-electron chi connectivity index (χ4n) is 6.06. The smallest absolute Gasteiger partial charge is 0.0401 e. The van der Waals surface area contributed by atoms with Crippen molar-refractivity contribution >= 4 is 0 Å². The van der Waals surface area contributed by atoms with Crippen LogP contribution in [0.25, 0.3) is 0 Å². The number of pyridine rings is 10. The van der Waals surface area contributed by atoms with Gasteiger partial charge in [0.1, 0.15) is 0 Å². The maximum Gasteiger partial charge on any atom is 0.0401 e. The summed E-state index contributed by atoms with van der Waals surface area (Å²) in [6.45, 7) is 40.6. The van der Waals surface area contributed by atoms with Crippen molar-refractivity contribution in [3.63, 3.8) is 0 Å². The average molecular weight is 1070 g/mol. The molecule has 0 radical (unpaired) electrons. The average Bonchev–Trinajstić information content (AvgIpc) is 3.41. The SMILES string of the molecule is Cc1ccc(C)nc1.Cc1ccc(C)nc1.Cc1cccc(C)n1.Cc1cccnc1C.Cc1cccnc1C.Cc1ccnc(C)c1.Cc1ccnc(C)c1.Cc1ccncc1C.Cc1ccncc1C.Cc1cncc(C)c1. The number of nitrogens with zero attached hydrogens (tertiary/aromatic N) is 10. The van der Waals surface area contributed by atoms with Crippen LogP contribution in [0, 0.1) is 138 Å². The second-order valence-electron chi connectivity index (χ2n) is 19.6. The fourth-order valence-corrected chi connectivity index (χ4v) is 6.06. The molecule has 0 atom stereocenters. The minimum atomic E-state index is 1.08. The molecule has 10 aromatic rings. The zero-order valence-electron chi connectivity index (χ0n) is 51.8. The molecule has 0 aromatic carbocycles. The molecule has 0 aliphatic heterocycles. The summed E-state index contributed by atoms with van der Waals surface area (Å²) in [4.78, 5) is 40.4. The highest BCUT2D eigenvalue weighted by molar-refractivity contribution is 5.21. The zero-order valence-corrected chi connectivity index (χ0v) is 51.8. The third kappa shape index (κ3) is 35.8. The van der Waals surface area contributed by atoms with E-state index < -0.39 is 0 Å². The fraction of sp³-hybridized carbons (Fsp3) is 0.286. The van der Waals surface area contributed by atoms with E-state index in [0.717, 1.165) is 45.6 Å². The van der Waals surface area contributed by atoms with E-state index in [1.165, 1.54) is 66.8 Å². The molecule has 0 N–H and O–H groups in total. The Morgan fingerprint density at radius 3 is 0.812 bits per heavy atom. The molecule has 0 saturated carbocycles. The highest BCUT2D eigenvalue weighted by atomic mass is 14.7. The summed E-state index contributed by atoms with van der Waals surface area (Å²) in [5.74, 6) is 0.